The summed E-state index contributed by atoms with van der Waals surface area (Å²) in [4.78, 5) is 34.2. The number of rotatable bonds is 10. The zero-order valence-electron chi connectivity index (χ0n) is 26.7. The molecule has 0 bridgehead atoms. The molecule has 3 saturated heterocycles. The van der Waals surface area contributed by atoms with Gasteiger partial charge in [0.1, 0.15) is 0 Å². The molecule has 1 N–H and O–H groups in total. The maximum absolute atomic E-state index is 14.4. The number of hydrogen-bond acceptors (Lipinski definition) is 3. The predicted octanol–water partition coefficient (Wildman–Crippen LogP) is 7.72. The van der Waals surface area contributed by atoms with Crippen molar-refractivity contribution in [3.63, 3.8) is 0 Å². The van der Waals surface area contributed by atoms with Crippen LogP contribution in [0.3, 0.4) is 0 Å². The number of carbonyl (C=O) groups excluding carboxylic acids is 2. The molecule has 0 radical (unpaired) electrons. The molecule has 3 amide bonds. The lowest BCUT2D eigenvalue weighted by molar-refractivity contribution is -0.142. The van der Waals surface area contributed by atoms with Gasteiger partial charge in [0.2, 0.25) is 5.91 Å². The highest BCUT2D eigenvalue weighted by atomic mass is 35.5. The zero-order valence-corrected chi connectivity index (χ0v) is 28.2. The normalized spacial score (nSPS) is 21.8. The average molecular weight is 662 g/mol. The van der Waals surface area contributed by atoms with E-state index in [1.54, 1.807) is 0 Å². The second-order valence-corrected chi connectivity index (χ2v) is 14.4. The Morgan fingerprint density at radius 3 is 2.11 bits per heavy atom. The number of likely N-dealkylation sites (tertiary alicyclic amines) is 3. The quantitative estimate of drug-likeness (QED) is 0.242. The van der Waals surface area contributed by atoms with Gasteiger partial charge in [-0.3, -0.25) is 4.79 Å². The van der Waals surface area contributed by atoms with Crippen LogP contribution in [0.2, 0.25) is 10.0 Å². The smallest absolute Gasteiger partial charge is 0.317 e. The number of carbonyl (C=O) groups is 2. The molecule has 3 heterocycles. The minimum absolute atomic E-state index is 0.0846. The highest BCUT2D eigenvalue weighted by molar-refractivity contribution is 6.42. The second kappa shape index (κ2) is 14.8. The van der Waals surface area contributed by atoms with Crippen LogP contribution in [0.25, 0.3) is 0 Å². The van der Waals surface area contributed by atoms with Crippen LogP contribution in [0, 0.1) is 0 Å². The first-order valence-electron chi connectivity index (χ1n) is 17.0. The van der Waals surface area contributed by atoms with Crippen molar-refractivity contribution in [3.8, 4) is 0 Å². The van der Waals surface area contributed by atoms with Gasteiger partial charge in [0, 0.05) is 44.8 Å². The van der Waals surface area contributed by atoms with Crippen molar-refractivity contribution in [3.05, 3.63) is 106 Å². The molecule has 6 nitrogen and oxygen atoms in total. The first-order valence-corrected chi connectivity index (χ1v) is 17.7. The Morgan fingerprint density at radius 2 is 1.43 bits per heavy atom. The van der Waals surface area contributed by atoms with Crippen LogP contribution in [-0.2, 0) is 23.2 Å². The van der Waals surface area contributed by atoms with E-state index in [9.17, 15) is 9.59 Å². The van der Waals surface area contributed by atoms with Crippen LogP contribution in [0.5, 0.6) is 0 Å². The van der Waals surface area contributed by atoms with Crippen molar-refractivity contribution in [2.24, 2.45) is 0 Å². The summed E-state index contributed by atoms with van der Waals surface area (Å²) < 4.78 is 0. The molecular weight excluding hydrogens is 615 g/mol. The first kappa shape index (κ1) is 32.9. The van der Waals surface area contributed by atoms with Gasteiger partial charge in [0.15, 0.2) is 0 Å². The molecule has 3 fully saturated rings. The van der Waals surface area contributed by atoms with Crippen molar-refractivity contribution in [2.45, 2.75) is 75.3 Å². The van der Waals surface area contributed by atoms with Crippen molar-refractivity contribution in [1.82, 2.24) is 20.0 Å². The van der Waals surface area contributed by atoms with Gasteiger partial charge in [-0.25, -0.2) is 4.79 Å². The molecule has 0 aromatic heterocycles. The van der Waals surface area contributed by atoms with Crippen LogP contribution >= 0.6 is 23.2 Å². The highest BCUT2D eigenvalue weighted by Crippen LogP contribution is 2.42. The van der Waals surface area contributed by atoms with Crippen LogP contribution in [0.4, 0.5) is 4.79 Å². The molecular formula is C38H46Cl2N4O2. The minimum atomic E-state index is -0.627. The Morgan fingerprint density at radius 1 is 0.761 bits per heavy atom. The molecule has 8 heteroatoms. The van der Waals surface area contributed by atoms with Gasteiger partial charge in [-0.05, 0) is 93.2 Å². The Labute approximate surface area is 284 Å². The monoisotopic (exact) mass is 660 g/mol. The summed E-state index contributed by atoms with van der Waals surface area (Å²) in [6.07, 6.45) is 8.23. The van der Waals surface area contributed by atoms with Gasteiger partial charge in [-0.1, -0.05) is 89.9 Å². The second-order valence-electron chi connectivity index (χ2n) is 13.5. The van der Waals surface area contributed by atoms with Crippen molar-refractivity contribution >= 4 is 35.1 Å². The summed E-state index contributed by atoms with van der Waals surface area (Å²) in [5.74, 6) is 0.186. The number of halogens is 2. The molecule has 1 atom stereocenters. The van der Waals surface area contributed by atoms with E-state index in [1.807, 2.05) is 52.3 Å². The third-order valence-electron chi connectivity index (χ3n) is 10.5. The highest BCUT2D eigenvalue weighted by Gasteiger charge is 2.45. The van der Waals surface area contributed by atoms with Gasteiger partial charge >= 0.3 is 6.03 Å². The SMILES string of the molecule is O=C(NC1(Cc2ccccc2)CCN(CCCC2(c3ccc(Cl)c(Cl)c3)CCCN(Cc3ccccc3)C2=O)CC1)N1CCCC1. The fourth-order valence-electron chi connectivity index (χ4n) is 7.84. The van der Waals surface area contributed by atoms with E-state index in [4.69, 9.17) is 23.2 Å². The molecule has 244 valence electrons. The van der Waals surface area contributed by atoms with Gasteiger partial charge in [-0.15, -0.1) is 0 Å². The third kappa shape index (κ3) is 7.56. The fraction of sp³-hybridized carbons (Fsp3) is 0.474. The number of amides is 3. The Balaban J connectivity index is 1.14. The van der Waals surface area contributed by atoms with Gasteiger partial charge in [0.25, 0.3) is 0 Å². The van der Waals surface area contributed by atoms with E-state index in [-0.39, 0.29) is 17.5 Å². The Hall–Kier alpha value is -3.06. The molecule has 6 rings (SSSR count). The largest absolute Gasteiger partial charge is 0.338 e. The number of urea groups is 1. The number of piperidine rings is 2. The summed E-state index contributed by atoms with van der Waals surface area (Å²) in [7, 11) is 0. The topological polar surface area (TPSA) is 55.9 Å². The van der Waals surface area contributed by atoms with Gasteiger partial charge < -0.3 is 20.0 Å². The molecule has 1 unspecified atom stereocenters. The first-order chi connectivity index (χ1) is 22.4. The molecule has 3 aliphatic rings. The third-order valence-corrected chi connectivity index (χ3v) is 11.2. The number of nitrogens with one attached hydrogen (secondary N) is 1. The van der Waals surface area contributed by atoms with Gasteiger partial charge in [0.05, 0.1) is 15.5 Å². The van der Waals surface area contributed by atoms with E-state index in [2.05, 4.69) is 46.6 Å². The van der Waals surface area contributed by atoms with Crippen LogP contribution in [0.1, 0.15) is 68.1 Å². The van der Waals surface area contributed by atoms with Crippen LogP contribution in [0.15, 0.2) is 78.9 Å². The molecule has 3 aromatic carbocycles. The standard InChI is InChI=1S/C38H46Cl2N4O2/c39-33-16-15-32(27-34(33)40)38(18-10-24-44(35(38)45)29-31-13-5-2-6-14-31)17-9-21-42-25-19-37(20-26-42,28-30-11-3-1-4-12-30)41-36(46)43-22-7-8-23-43/h1-6,11-16,27H,7-10,17-26,28-29H2,(H,41,46). The van der Waals surface area contributed by atoms with Crippen molar-refractivity contribution in [2.75, 3.05) is 39.3 Å². The average Bonchev–Trinajstić information content (AvgIpc) is 3.62. The number of nitrogens with zero attached hydrogens (tertiary/aromatic N) is 3. The fourth-order valence-corrected chi connectivity index (χ4v) is 8.14. The summed E-state index contributed by atoms with van der Waals surface area (Å²) in [5.41, 5.74) is 2.49. The van der Waals surface area contributed by atoms with E-state index < -0.39 is 5.41 Å². The molecule has 46 heavy (non-hydrogen) atoms. The lowest BCUT2D eigenvalue weighted by Gasteiger charge is -2.44. The number of hydrogen-bond donors (Lipinski definition) is 1. The number of benzene rings is 3. The van der Waals surface area contributed by atoms with E-state index in [1.165, 1.54) is 5.56 Å². The maximum Gasteiger partial charge on any atom is 0.317 e. The van der Waals surface area contributed by atoms with Crippen molar-refractivity contribution < 1.29 is 9.59 Å². The molecule has 3 aromatic rings. The lowest BCUT2D eigenvalue weighted by Crippen LogP contribution is -2.59. The molecule has 0 aliphatic carbocycles. The summed E-state index contributed by atoms with van der Waals surface area (Å²) in [6, 6.07) is 26.6. The predicted molar refractivity (Wildman–Crippen MR) is 186 cm³/mol. The van der Waals surface area contributed by atoms with E-state index in [0.717, 1.165) is 108 Å². The molecule has 0 spiro atoms. The summed E-state index contributed by atoms with van der Waals surface area (Å²) in [5, 5.41) is 4.51. The Bertz CT molecular complexity index is 1470. The molecule has 0 saturated carbocycles. The minimum Gasteiger partial charge on any atom is -0.338 e. The van der Waals surface area contributed by atoms with E-state index >= 15 is 0 Å². The lowest BCUT2D eigenvalue weighted by atomic mass is 9.70. The molecule has 3 aliphatic heterocycles. The Kier molecular flexibility index (Phi) is 10.6. The van der Waals surface area contributed by atoms with E-state index in [0.29, 0.717) is 16.6 Å². The zero-order chi connectivity index (χ0) is 32.0. The van der Waals surface area contributed by atoms with Crippen LogP contribution < -0.4 is 5.32 Å². The maximum atomic E-state index is 14.4. The van der Waals surface area contributed by atoms with Crippen molar-refractivity contribution in [1.29, 1.82) is 0 Å². The van der Waals surface area contributed by atoms with Gasteiger partial charge in [-0.2, -0.15) is 0 Å². The van der Waals surface area contributed by atoms with Crippen LogP contribution in [-0.4, -0.2) is 71.4 Å². The summed E-state index contributed by atoms with van der Waals surface area (Å²) >= 11 is 12.9. The summed E-state index contributed by atoms with van der Waals surface area (Å²) in [6.45, 7) is 5.82.